The summed E-state index contributed by atoms with van der Waals surface area (Å²) >= 11 is 5.84. The van der Waals surface area contributed by atoms with Gasteiger partial charge in [0.25, 0.3) is 0 Å². The Bertz CT molecular complexity index is 987. The zero-order valence-corrected chi connectivity index (χ0v) is 16.0. The monoisotopic (exact) mass is 437 g/mol. The number of piperidine rings is 1. The Hall–Kier alpha value is -1.68. The maximum Gasteiger partial charge on any atom is 0.416 e. The molecule has 1 N–H and O–H groups in total. The maximum absolute atomic E-state index is 13.2. The fourth-order valence-electron chi connectivity index (χ4n) is 3.19. The van der Waals surface area contributed by atoms with Crippen LogP contribution in [0.5, 0.6) is 0 Å². The van der Waals surface area contributed by atoms with E-state index in [-0.39, 0.29) is 41.4 Å². The number of rotatable bonds is 3. The molecule has 0 spiro atoms. The van der Waals surface area contributed by atoms with Gasteiger partial charge in [0.2, 0.25) is 10.0 Å². The van der Waals surface area contributed by atoms with Gasteiger partial charge < -0.3 is 5.11 Å². The first kappa shape index (κ1) is 21.0. The number of benzene rings is 2. The normalized spacial score (nSPS) is 18.2. The van der Waals surface area contributed by atoms with Crippen LogP contribution in [0.1, 0.15) is 24.0 Å². The highest BCUT2D eigenvalue weighted by Crippen LogP contribution is 2.38. The topological polar surface area (TPSA) is 57.6 Å². The number of aliphatic hydroxyl groups is 1. The van der Waals surface area contributed by atoms with Gasteiger partial charge in [-0.25, -0.2) is 12.8 Å². The molecule has 4 nitrogen and oxygen atoms in total. The molecule has 0 bridgehead atoms. The summed E-state index contributed by atoms with van der Waals surface area (Å²) in [7, 11) is -4.03. The maximum atomic E-state index is 13.2. The van der Waals surface area contributed by atoms with E-state index >= 15 is 0 Å². The van der Waals surface area contributed by atoms with E-state index in [9.17, 15) is 31.1 Å². The Morgan fingerprint density at radius 1 is 1.07 bits per heavy atom. The van der Waals surface area contributed by atoms with E-state index in [1.165, 1.54) is 12.1 Å². The highest BCUT2D eigenvalue weighted by Gasteiger charge is 2.40. The number of hydrogen-bond donors (Lipinski definition) is 1. The van der Waals surface area contributed by atoms with Gasteiger partial charge in [0.05, 0.1) is 16.2 Å². The van der Waals surface area contributed by atoms with E-state index in [4.69, 9.17) is 11.6 Å². The Kier molecular flexibility index (Phi) is 5.48. The highest BCUT2D eigenvalue weighted by molar-refractivity contribution is 7.89. The number of hydrogen-bond acceptors (Lipinski definition) is 3. The molecule has 0 aromatic heterocycles. The number of nitrogens with zero attached hydrogens (tertiary/aromatic N) is 1. The van der Waals surface area contributed by atoms with Crippen LogP contribution in [0.15, 0.2) is 47.4 Å². The second-order valence-corrected chi connectivity index (χ2v) is 8.90. The van der Waals surface area contributed by atoms with Gasteiger partial charge >= 0.3 is 6.18 Å². The van der Waals surface area contributed by atoms with Crippen molar-refractivity contribution in [3.05, 3.63) is 64.4 Å². The van der Waals surface area contributed by atoms with E-state index in [2.05, 4.69) is 0 Å². The van der Waals surface area contributed by atoms with Crippen molar-refractivity contribution in [1.82, 2.24) is 4.31 Å². The molecule has 0 aliphatic carbocycles. The minimum Gasteiger partial charge on any atom is -0.385 e. The minimum atomic E-state index is -4.55. The van der Waals surface area contributed by atoms with E-state index in [1.54, 1.807) is 0 Å². The molecule has 3 rings (SSSR count). The average Bonchev–Trinajstić information content (AvgIpc) is 2.61. The van der Waals surface area contributed by atoms with Crippen LogP contribution < -0.4 is 0 Å². The molecule has 1 heterocycles. The van der Waals surface area contributed by atoms with Crippen LogP contribution in [-0.2, 0) is 21.8 Å². The van der Waals surface area contributed by atoms with Crippen LogP contribution in [-0.4, -0.2) is 30.9 Å². The smallest absolute Gasteiger partial charge is 0.385 e. The fraction of sp³-hybridized carbons (Fsp3) is 0.333. The van der Waals surface area contributed by atoms with Crippen LogP contribution >= 0.6 is 11.6 Å². The summed E-state index contributed by atoms with van der Waals surface area (Å²) < 4.78 is 78.5. The van der Waals surface area contributed by atoms with E-state index < -0.39 is 33.2 Å². The van der Waals surface area contributed by atoms with Crippen LogP contribution in [0.4, 0.5) is 17.6 Å². The molecule has 2 aromatic rings. The molecule has 28 heavy (non-hydrogen) atoms. The summed E-state index contributed by atoms with van der Waals surface area (Å²) in [6.45, 7) is -0.244. The van der Waals surface area contributed by atoms with Crippen molar-refractivity contribution in [2.45, 2.75) is 29.5 Å². The molecule has 0 atom stereocenters. The first-order chi connectivity index (χ1) is 12.9. The van der Waals surface area contributed by atoms with Gasteiger partial charge in [0.15, 0.2) is 0 Å². The average molecular weight is 438 g/mol. The first-order valence-corrected chi connectivity index (χ1v) is 10.1. The third-order valence-electron chi connectivity index (χ3n) is 4.79. The predicted molar refractivity (Wildman–Crippen MR) is 94.7 cm³/mol. The molecule has 0 saturated carbocycles. The molecule has 0 radical (unpaired) electrons. The van der Waals surface area contributed by atoms with Crippen molar-refractivity contribution in [1.29, 1.82) is 0 Å². The van der Waals surface area contributed by atoms with Gasteiger partial charge in [-0.2, -0.15) is 17.5 Å². The van der Waals surface area contributed by atoms with Crippen LogP contribution in [0, 0.1) is 5.82 Å². The van der Waals surface area contributed by atoms with Gasteiger partial charge in [-0.3, -0.25) is 0 Å². The lowest BCUT2D eigenvalue weighted by molar-refractivity contribution is -0.137. The molecule has 10 heteroatoms. The Balaban J connectivity index is 1.82. The zero-order chi connectivity index (χ0) is 20.7. The molecule has 1 saturated heterocycles. The lowest BCUT2D eigenvalue weighted by atomic mass is 9.84. The van der Waals surface area contributed by atoms with Crippen LogP contribution in [0.2, 0.25) is 5.02 Å². The Morgan fingerprint density at radius 3 is 2.29 bits per heavy atom. The second kappa shape index (κ2) is 7.29. The largest absolute Gasteiger partial charge is 0.416 e. The van der Waals surface area contributed by atoms with E-state index in [0.717, 1.165) is 34.6 Å². The Labute approximate surface area is 164 Å². The van der Waals surface area contributed by atoms with E-state index in [1.807, 2.05) is 0 Å². The quantitative estimate of drug-likeness (QED) is 0.733. The molecule has 1 aliphatic heterocycles. The van der Waals surface area contributed by atoms with E-state index in [0.29, 0.717) is 0 Å². The summed E-state index contributed by atoms with van der Waals surface area (Å²) in [5.41, 5.74) is -2.38. The third kappa shape index (κ3) is 4.03. The molecular formula is C18H16ClF4NO3S. The van der Waals surface area contributed by atoms with Gasteiger partial charge in [0.1, 0.15) is 10.7 Å². The lowest BCUT2D eigenvalue weighted by Gasteiger charge is -2.38. The highest BCUT2D eigenvalue weighted by atomic mass is 35.5. The lowest BCUT2D eigenvalue weighted by Crippen LogP contribution is -2.45. The number of sulfonamides is 1. The minimum absolute atomic E-state index is 0.0826. The van der Waals surface area contributed by atoms with Gasteiger partial charge in [-0.15, -0.1) is 0 Å². The molecular weight excluding hydrogens is 422 g/mol. The molecule has 0 unspecified atom stereocenters. The molecule has 0 amide bonds. The van der Waals surface area contributed by atoms with Crippen molar-refractivity contribution in [3.63, 3.8) is 0 Å². The summed E-state index contributed by atoms with van der Waals surface area (Å²) in [6.07, 6.45) is -4.73. The summed E-state index contributed by atoms with van der Waals surface area (Å²) in [5, 5.41) is 10.5. The molecule has 152 valence electrons. The number of alkyl halides is 3. The number of halogens is 5. The van der Waals surface area contributed by atoms with Crippen LogP contribution in [0.3, 0.4) is 0 Å². The molecule has 1 fully saturated rings. The van der Waals surface area contributed by atoms with Crippen molar-refractivity contribution in [3.8, 4) is 0 Å². The predicted octanol–water partition coefficient (Wildman–Crippen LogP) is 4.17. The van der Waals surface area contributed by atoms with Gasteiger partial charge in [-0.1, -0.05) is 23.7 Å². The SMILES string of the molecule is O=S(=O)(c1ccc(F)cc1Cl)N1CCC(O)(c2cccc(C(F)(F)F)c2)CC1. The van der Waals surface area contributed by atoms with Gasteiger partial charge in [0, 0.05) is 13.1 Å². The fourth-order valence-corrected chi connectivity index (χ4v) is 5.14. The second-order valence-electron chi connectivity index (χ2n) is 6.59. The summed E-state index contributed by atoms with van der Waals surface area (Å²) in [4.78, 5) is -0.264. The summed E-state index contributed by atoms with van der Waals surface area (Å²) in [5.74, 6) is -0.679. The zero-order valence-electron chi connectivity index (χ0n) is 14.4. The molecule has 2 aromatic carbocycles. The van der Waals surface area contributed by atoms with Gasteiger partial charge in [-0.05, 0) is 48.7 Å². The Morgan fingerprint density at radius 2 is 1.71 bits per heavy atom. The van der Waals surface area contributed by atoms with Crippen molar-refractivity contribution < 1.29 is 31.1 Å². The summed E-state index contributed by atoms with van der Waals surface area (Å²) in [6, 6.07) is 7.29. The first-order valence-electron chi connectivity index (χ1n) is 8.29. The van der Waals surface area contributed by atoms with Crippen molar-refractivity contribution in [2.75, 3.05) is 13.1 Å². The van der Waals surface area contributed by atoms with Crippen molar-refractivity contribution in [2.24, 2.45) is 0 Å². The van der Waals surface area contributed by atoms with Crippen LogP contribution in [0.25, 0.3) is 0 Å². The molecule has 1 aliphatic rings. The van der Waals surface area contributed by atoms with Crippen molar-refractivity contribution >= 4 is 21.6 Å². The standard InChI is InChI=1S/C18H16ClF4NO3S/c19-15-11-14(20)4-5-16(15)28(26,27)24-8-6-17(25,7-9-24)12-2-1-3-13(10-12)18(21,22)23/h1-5,10-11,25H,6-9H2. The third-order valence-corrected chi connectivity index (χ3v) is 7.17.